The van der Waals surface area contributed by atoms with Gasteiger partial charge in [0, 0.05) is 37.3 Å². The van der Waals surface area contributed by atoms with Gasteiger partial charge in [-0.2, -0.15) is 4.31 Å². The Labute approximate surface area is 205 Å². The molecule has 11 heteroatoms. The molecule has 35 heavy (non-hydrogen) atoms. The zero-order valence-electron chi connectivity index (χ0n) is 19.2. The van der Waals surface area contributed by atoms with Crippen molar-refractivity contribution < 1.29 is 22.0 Å². The molecule has 1 aliphatic carbocycles. The van der Waals surface area contributed by atoms with Crippen molar-refractivity contribution in [2.24, 2.45) is 5.16 Å². The molecule has 0 radical (unpaired) electrons. The molecule has 2 aromatic rings. The van der Waals surface area contributed by atoms with Crippen LogP contribution >= 0.6 is 0 Å². The zero-order chi connectivity index (χ0) is 24.6. The number of nitrogens with zero attached hydrogens (tertiary/aromatic N) is 2. The first-order valence-corrected chi connectivity index (χ1v) is 14.7. The second-order valence-corrected chi connectivity index (χ2v) is 12.9. The monoisotopic (exact) mass is 516 g/mol. The second kappa shape index (κ2) is 9.47. The Morgan fingerprint density at radius 1 is 0.829 bits per heavy atom. The van der Waals surface area contributed by atoms with Gasteiger partial charge in [-0.15, -0.1) is 0 Å². The summed E-state index contributed by atoms with van der Waals surface area (Å²) >= 11 is 0. The SMILES string of the molecule is O=S(=O)(CC1=CCCNCC1)c1ccc2c(c1)/C(=N\O)c1cc(S(=O)(=O)N3CCNCC3)ccc1-2. The highest BCUT2D eigenvalue weighted by Crippen LogP contribution is 2.39. The van der Waals surface area contributed by atoms with E-state index >= 15 is 0 Å². The van der Waals surface area contributed by atoms with E-state index in [2.05, 4.69) is 15.8 Å². The Morgan fingerprint density at radius 3 is 2.14 bits per heavy atom. The van der Waals surface area contributed by atoms with E-state index in [4.69, 9.17) is 0 Å². The fourth-order valence-electron chi connectivity index (χ4n) is 4.86. The summed E-state index contributed by atoms with van der Waals surface area (Å²) in [5, 5.41) is 19.7. The van der Waals surface area contributed by atoms with Crippen LogP contribution in [0.2, 0.25) is 0 Å². The molecule has 0 aromatic heterocycles. The summed E-state index contributed by atoms with van der Waals surface area (Å²) < 4.78 is 54.1. The summed E-state index contributed by atoms with van der Waals surface area (Å²) in [7, 11) is -7.31. The van der Waals surface area contributed by atoms with Crippen LogP contribution in [0.15, 0.2) is 63.0 Å². The van der Waals surface area contributed by atoms with E-state index < -0.39 is 19.9 Å². The van der Waals surface area contributed by atoms with Crippen LogP contribution in [-0.2, 0) is 19.9 Å². The first-order valence-electron chi connectivity index (χ1n) is 11.6. The minimum Gasteiger partial charge on any atom is -0.410 e. The lowest BCUT2D eigenvalue weighted by molar-refractivity contribution is 0.320. The molecule has 2 heterocycles. The third kappa shape index (κ3) is 4.54. The number of sulfone groups is 1. The summed E-state index contributed by atoms with van der Waals surface area (Å²) in [6.07, 6.45) is 3.47. The average Bonchev–Trinajstić information content (AvgIpc) is 2.97. The Kier molecular flexibility index (Phi) is 6.53. The molecular formula is C24H28N4O5S2. The Hall–Kier alpha value is -2.57. The van der Waals surface area contributed by atoms with Crippen LogP contribution in [0.4, 0.5) is 0 Å². The van der Waals surface area contributed by atoms with Crippen molar-refractivity contribution in [3.63, 3.8) is 0 Å². The molecule has 0 saturated carbocycles. The van der Waals surface area contributed by atoms with Gasteiger partial charge < -0.3 is 15.8 Å². The van der Waals surface area contributed by atoms with Crippen molar-refractivity contribution in [2.45, 2.75) is 22.6 Å². The lowest BCUT2D eigenvalue weighted by Crippen LogP contribution is -2.46. The molecule has 3 N–H and O–H groups in total. The topological polar surface area (TPSA) is 128 Å². The molecule has 186 valence electrons. The van der Waals surface area contributed by atoms with Gasteiger partial charge >= 0.3 is 0 Å². The maximum Gasteiger partial charge on any atom is 0.243 e. The van der Waals surface area contributed by atoms with Crippen LogP contribution in [0.25, 0.3) is 11.1 Å². The number of benzene rings is 2. The van der Waals surface area contributed by atoms with Gasteiger partial charge in [-0.1, -0.05) is 28.9 Å². The smallest absolute Gasteiger partial charge is 0.243 e. The molecule has 2 aliphatic heterocycles. The standard InChI is InChI=1S/C24H28N4O5S2/c29-27-24-22-14-18(34(30,31)16-17-2-1-8-25-9-7-17)3-5-20(22)21-6-4-19(15-23(21)24)35(32,33)28-12-10-26-11-13-28/h2-6,14-15,25-26,29H,1,7-13,16H2/b27-24+. The predicted molar refractivity (Wildman–Crippen MR) is 133 cm³/mol. The van der Waals surface area contributed by atoms with Crippen molar-refractivity contribution >= 4 is 25.6 Å². The highest BCUT2D eigenvalue weighted by molar-refractivity contribution is 7.91. The quantitative estimate of drug-likeness (QED) is 0.267. The Balaban J connectivity index is 1.49. The van der Waals surface area contributed by atoms with Crippen LogP contribution in [0.3, 0.4) is 0 Å². The van der Waals surface area contributed by atoms with Gasteiger partial charge in [-0.05, 0) is 61.3 Å². The highest BCUT2D eigenvalue weighted by Gasteiger charge is 2.32. The summed E-state index contributed by atoms with van der Waals surface area (Å²) in [6, 6.07) is 9.56. The van der Waals surface area contributed by atoms with Gasteiger partial charge in [0.25, 0.3) is 0 Å². The fourth-order valence-corrected chi connectivity index (χ4v) is 7.82. The summed E-state index contributed by atoms with van der Waals surface area (Å²) in [4.78, 5) is 0.269. The number of hydrogen-bond acceptors (Lipinski definition) is 8. The van der Waals surface area contributed by atoms with Crippen molar-refractivity contribution in [1.82, 2.24) is 14.9 Å². The number of oxime groups is 1. The van der Waals surface area contributed by atoms with E-state index in [1.807, 2.05) is 6.08 Å². The van der Waals surface area contributed by atoms with E-state index in [1.54, 1.807) is 24.3 Å². The van der Waals surface area contributed by atoms with E-state index in [1.165, 1.54) is 16.4 Å². The van der Waals surface area contributed by atoms with Gasteiger partial charge in [-0.3, -0.25) is 0 Å². The molecular weight excluding hydrogens is 488 g/mol. The lowest BCUT2D eigenvalue weighted by Gasteiger charge is -2.26. The van der Waals surface area contributed by atoms with Gasteiger partial charge in [0.1, 0.15) is 5.71 Å². The van der Waals surface area contributed by atoms with E-state index in [9.17, 15) is 22.0 Å². The molecule has 5 rings (SSSR count). The van der Waals surface area contributed by atoms with Crippen molar-refractivity contribution in [1.29, 1.82) is 0 Å². The maximum atomic E-state index is 13.2. The molecule has 0 spiro atoms. The van der Waals surface area contributed by atoms with Crippen LogP contribution in [-0.4, -0.2) is 77.1 Å². The minimum atomic E-state index is -3.70. The first-order chi connectivity index (χ1) is 16.8. The van der Waals surface area contributed by atoms with E-state index in [0.29, 0.717) is 54.9 Å². The van der Waals surface area contributed by atoms with Crippen LogP contribution in [0.5, 0.6) is 0 Å². The third-order valence-electron chi connectivity index (χ3n) is 6.71. The molecule has 3 aliphatic rings. The second-order valence-electron chi connectivity index (χ2n) is 8.93. The number of fused-ring (bicyclic) bond motifs is 3. The maximum absolute atomic E-state index is 13.2. The summed E-state index contributed by atoms with van der Waals surface area (Å²) in [5.74, 6) is -0.0564. The van der Waals surface area contributed by atoms with Crippen LogP contribution in [0.1, 0.15) is 24.0 Å². The highest BCUT2D eigenvalue weighted by atomic mass is 32.2. The van der Waals surface area contributed by atoms with Crippen molar-refractivity contribution in [2.75, 3.05) is 45.0 Å². The first kappa shape index (κ1) is 24.1. The van der Waals surface area contributed by atoms with Crippen LogP contribution in [0, 0.1) is 0 Å². The molecule has 0 unspecified atom stereocenters. The van der Waals surface area contributed by atoms with Gasteiger partial charge in [0.15, 0.2) is 9.84 Å². The minimum absolute atomic E-state index is 0.0564. The molecule has 0 amide bonds. The Bertz CT molecular complexity index is 1430. The molecule has 1 saturated heterocycles. The summed E-state index contributed by atoms with van der Waals surface area (Å²) in [6.45, 7) is 3.53. The van der Waals surface area contributed by atoms with Gasteiger partial charge in [0.2, 0.25) is 10.0 Å². The van der Waals surface area contributed by atoms with Gasteiger partial charge in [-0.25, -0.2) is 16.8 Å². The fraction of sp³-hybridized carbons (Fsp3) is 0.375. The number of rotatable bonds is 5. The van der Waals surface area contributed by atoms with E-state index in [-0.39, 0.29) is 21.3 Å². The third-order valence-corrected chi connectivity index (χ3v) is 10.3. The lowest BCUT2D eigenvalue weighted by atomic mass is 10.1. The number of piperazine rings is 1. The van der Waals surface area contributed by atoms with E-state index in [0.717, 1.165) is 25.1 Å². The largest absolute Gasteiger partial charge is 0.410 e. The average molecular weight is 517 g/mol. The van der Waals surface area contributed by atoms with Crippen molar-refractivity contribution in [3.05, 3.63) is 59.2 Å². The number of sulfonamides is 1. The summed E-state index contributed by atoms with van der Waals surface area (Å²) in [5.41, 5.74) is 3.40. The Morgan fingerprint density at radius 2 is 1.46 bits per heavy atom. The molecule has 9 nitrogen and oxygen atoms in total. The number of hydrogen-bond donors (Lipinski definition) is 3. The normalized spacial score (nSPS) is 20.2. The predicted octanol–water partition coefficient (Wildman–Crippen LogP) is 1.57. The van der Waals surface area contributed by atoms with Gasteiger partial charge in [0.05, 0.1) is 15.5 Å². The molecule has 2 aromatic carbocycles. The van der Waals surface area contributed by atoms with Crippen LogP contribution < -0.4 is 10.6 Å². The number of nitrogens with one attached hydrogen (secondary N) is 2. The van der Waals surface area contributed by atoms with Crippen molar-refractivity contribution in [3.8, 4) is 11.1 Å². The molecule has 0 atom stereocenters. The molecule has 1 fully saturated rings. The molecule has 0 bridgehead atoms. The zero-order valence-corrected chi connectivity index (χ0v) is 20.8.